The van der Waals surface area contributed by atoms with E-state index in [1.165, 1.54) is 0 Å². The Morgan fingerprint density at radius 1 is 1.28 bits per heavy atom. The molecule has 0 unspecified atom stereocenters. The molecule has 0 amide bonds. The molecule has 1 aromatic heterocycles. The lowest BCUT2D eigenvalue weighted by Crippen LogP contribution is -2.11. The van der Waals surface area contributed by atoms with Gasteiger partial charge in [-0.1, -0.05) is 6.07 Å². The van der Waals surface area contributed by atoms with Crippen LogP contribution in [0.25, 0.3) is 11.0 Å². The molecule has 0 aliphatic heterocycles. The summed E-state index contributed by atoms with van der Waals surface area (Å²) in [6.07, 6.45) is -4.82. The zero-order valence-electron chi connectivity index (χ0n) is 8.52. The van der Waals surface area contributed by atoms with Gasteiger partial charge in [-0.25, -0.2) is 0 Å². The predicted octanol–water partition coefficient (Wildman–Crippen LogP) is 2.72. The highest BCUT2D eigenvalue weighted by Crippen LogP contribution is 2.31. The van der Waals surface area contributed by atoms with Crippen LogP contribution in [0.2, 0.25) is 0 Å². The monoisotopic (exact) mass is 259 g/mol. The number of rotatable bonds is 1. The first-order valence-corrected chi connectivity index (χ1v) is 4.59. The standard InChI is InChI=1S/C10H4F3NO4/c11-10(12,13)8-4-6(15)9-5(14(16)17)2-1-3-7(9)18-8/h1-4H. The molecule has 2 rings (SSSR count). The van der Waals surface area contributed by atoms with Crippen molar-refractivity contribution in [1.82, 2.24) is 0 Å². The third-order valence-corrected chi connectivity index (χ3v) is 2.21. The predicted molar refractivity (Wildman–Crippen MR) is 54.1 cm³/mol. The largest absolute Gasteiger partial charge is 0.451 e. The second-order valence-electron chi connectivity index (χ2n) is 3.38. The minimum absolute atomic E-state index is 0.204. The number of benzene rings is 1. The number of nitro groups is 1. The number of non-ortho nitro benzene ring substituents is 1. The normalized spacial score (nSPS) is 11.7. The van der Waals surface area contributed by atoms with Gasteiger partial charge < -0.3 is 4.42 Å². The van der Waals surface area contributed by atoms with Gasteiger partial charge in [0.1, 0.15) is 11.0 Å². The van der Waals surface area contributed by atoms with Crippen LogP contribution in [0.1, 0.15) is 5.76 Å². The maximum Gasteiger partial charge on any atom is 0.449 e. The van der Waals surface area contributed by atoms with Crippen molar-refractivity contribution >= 4 is 16.7 Å². The van der Waals surface area contributed by atoms with Crippen LogP contribution in [0.5, 0.6) is 0 Å². The molecule has 8 heteroatoms. The summed E-state index contributed by atoms with van der Waals surface area (Å²) in [7, 11) is 0. The van der Waals surface area contributed by atoms with E-state index in [1.54, 1.807) is 0 Å². The van der Waals surface area contributed by atoms with E-state index in [0.717, 1.165) is 18.2 Å². The van der Waals surface area contributed by atoms with Gasteiger partial charge in [0.15, 0.2) is 5.43 Å². The Morgan fingerprint density at radius 2 is 1.94 bits per heavy atom. The molecule has 1 heterocycles. The summed E-state index contributed by atoms with van der Waals surface area (Å²) in [6.45, 7) is 0. The van der Waals surface area contributed by atoms with Crippen LogP contribution in [-0.2, 0) is 6.18 Å². The number of fused-ring (bicyclic) bond motifs is 1. The molecule has 0 N–H and O–H groups in total. The summed E-state index contributed by atoms with van der Waals surface area (Å²) in [4.78, 5) is 21.3. The number of hydrogen-bond acceptors (Lipinski definition) is 4. The van der Waals surface area contributed by atoms with E-state index in [4.69, 9.17) is 0 Å². The number of alkyl halides is 3. The highest BCUT2D eigenvalue weighted by atomic mass is 19.4. The van der Waals surface area contributed by atoms with E-state index in [0.29, 0.717) is 0 Å². The van der Waals surface area contributed by atoms with Crippen LogP contribution in [-0.4, -0.2) is 4.92 Å². The Balaban J connectivity index is 2.86. The lowest BCUT2D eigenvalue weighted by atomic mass is 10.2. The number of nitro benzene ring substituents is 1. The second kappa shape index (κ2) is 3.83. The minimum atomic E-state index is -4.82. The van der Waals surface area contributed by atoms with Gasteiger partial charge >= 0.3 is 6.18 Å². The fourth-order valence-electron chi connectivity index (χ4n) is 1.48. The zero-order chi connectivity index (χ0) is 13.5. The molecule has 0 radical (unpaired) electrons. The summed E-state index contributed by atoms with van der Waals surface area (Å²) < 4.78 is 41.6. The SMILES string of the molecule is O=c1cc(C(F)(F)F)oc2cccc([N+](=O)[O-])c12. The van der Waals surface area contributed by atoms with E-state index in [-0.39, 0.29) is 6.07 Å². The lowest BCUT2D eigenvalue weighted by Gasteiger charge is -2.06. The Hall–Kier alpha value is -2.38. The third-order valence-electron chi connectivity index (χ3n) is 2.21. The summed E-state index contributed by atoms with van der Waals surface area (Å²) >= 11 is 0. The van der Waals surface area contributed by atoms with E-state index < -0.39 is 38.9 Å². The molecule has 0 spiro atoms. The number of hydrogen-bond donors (Lipinski definition) is 0. The molecular weight excluding hydrogens is 255 g/mol. The Kier molecular flexibility index (Phi) is 2.57. The second-order valence-corrected chi connectivity index (χ2v) is 3.38. The first-order chi connectivity index (χ1) is 8.30. The Labute approximate surface area is 96.6 Å². The molecule has 1 aromatic carbocycles. The highest BCUT2D eigenvalue weighted by molar-refractivity contribution is 5.86. The fraction of sp³-hybridized carbons (Fsp3) is 0.100. The molecule has 2 aromatic rings. The molecule has 5 nitrogen and oxygen atoms in total. The lowest BCUT2D eigenvalue weighted by molar-refractivity contribution is -0.383. The number of nitrogens with zero attached hydrogens (tertiary/aromatic N) is 1. The Morgan fingerprint density at radius 3 is 2.50 bits per heavy atom. The van der Waals surface area contributed by atoms with Crippen LogP contribution < -0.4 is 5.43 Å². The van der Waals surface area contributed by atoms with Crippen molar-refractivity contribution in [2.75, 3.05) is 0 Å². The molecular formula is C10H4F3NO4. The van der Waals surface area contributed by atoms with Crippen LogP contribution in [0.15, 0.2) is 33.5 Å². The topological polar surface area (TPSA) is 73.3 Å². The van der Waals surface area contributed by atoms with Gasteiger partial charge in [0.05, 0.1) is 4.92 Å². The van der Waals surface area contributed by atoms with Crippen molar-refractivity contribution in [2.24, 2.45) is 0 Å². The van der Waals surface area contributed by atoms with Crippen molar-refractivity contribution in [3.8, 4) is 0 Å². The minimum Gasteiger partial charge on any atom is -0.451 e. The van der Waals surface area contributed by atoms with Crippen LogP contribution in [0.4, 0.5) is 18.9 Å². The third kappa shape index (κ3) is 1.92. The van der Waals surface area contributed by atoms with E-state index in [2.05, 4.69) is 4.42 Å². The molecule has 0 saturated heterocycles. The van der Waals surface area contributed by atoms with Gasteiger partial charge in [-0.15, -0.1) is 0 Å². The van der Waals surface area contributed by atoms with Crippen molar-refractivity contribution in [3.05, 3.63) is 50.4 Å². The van der Waals surface area contributed by atoms with Crippen molar-refractivity contribution in [2.45, 2.75) is 6.18 Å². The average molecular weight is 259 g/mol. The quantitative estimate of drug-likeness (QED) is 0.583. The van der Waals surface area contributed by atoms with Crippen LogP contribution >= 0.6 is 0 Å². The zero-order valence-corrected chi connectivity index (χ0v) is 8.52. The van der Waals surface area contributed by atoms with Crippen molar-refractivity contribution in [3.63, 3.8) is 0 Å². The van der Waals surface area contributed by atoms with Crippen molar-refractivity contribution < 1.29 is 22.5 Å². The molecule has 0 saturated carbocycles. The summed E-state index contributed by atoms with van der Waals surface area (Å²) in [5.74, 6) is -1.49. The molecule has 0 bridgehead atoms. The van der Waals surface area contributed by atoms with Crippen LogP contribution in [0.3, 0.4) is 0 Å². The first-order valence-electron chi connectivity index (χ1n) is 4.59. The van der Waals surface area contributed by atoms with E-state index in [1.807, 2.05) is 0 Å². The highest BCUT2D eigenvalue weighted by Gasteiger charge is 2.35. The molecule has 0 aliphatic rings. The van der Waals surface area contributed by atoms with Gasteiger partial charge in [-0.2, -0.15) is 13.2 Å². The smallest absolute Gasteiger partial charge is 0.449 e. The maximum atomic E-state index is 12.4. The molecule has 0 fully saturated rings. The number of halogens is 3. The van der Waals surface area contributed by atoms with Crippen molar-refractivity contribution in [1.29, 1.82) is 0 Å². The van der Waals surface area contributed by atoms with Gasteiger partial charge in [-0.05, 0) is 6.07 Å². The summed E-state index contributed by atoms with van der Waals surface area (Å²) in [5, 5.41) is 10.2. The van der Waals surface area contributed by atoms with Gasteiger partial charge in [-0.3, -0.25) is 14.9 Å². The fourth-order valence-corrected chi connectivity index (χ4v) is 1.48. The molecule has 18 heavy (non-hydrogen) atoms. The maximum absolute atomic E-state index is 12.4. The van der Waals surface area contributed by atoms with E-state index in [9.17, 15) is 28.1 Å². The molecule has 0 aliphatic carbocycles. The Bertz CT molecular complexity index is 690. The average Bonchev–Trinajstić information content (AvgIpc) is 2.26. The molecule has 94 valence electrons. The summed E-state index contributed by atoms with van der Waals surface area (Å²) in [5.41, 5.74) is -2.16. The van der Waals surface area contributed by atoms with Gasteiger partial charge in [0.25, 0.3) is 5.69 Å². The summed E-state index contributed by atoms with van der Waals surface area (Å²) in [6, 6.07) is 3.43. The first kappa shape index (κ1) is 12.1. The van der Waals surface area contributed by atoms with Gasteiger partial charge in [0.2, 0.25) is 5.76 Å². The molecule has 0 atom stereocenters. The van der Waals surface area contributed by atoms with E-state index >= 15 is 0 Å². The van der Waals surface area contributed by atoms with Crippen LogP contribution in [0, 0.1) is 10.1 Å². The van der Waals surface area contributed by atoms with Gasteiger partial charge in [0, 0.05) is 12.1 Å².